The van der Waals surface area contributed by atoms with E-state index in [0.29, 0.717) is 5.89 Å². The lowest BCUT2D eigenvalue weighted by molar-refractivity contribution is -0.117. The standard InChI is InChI=1S/C14H15N3O2/c1-8-3-6-11(9(2)7-8)13-16-17-14(19-13)15-12(18)10-4-5-10/h3,6-7,10H,4-5H2,1-2H3,(H,15,17,18). The molecule has 0 atom stereocenters. The van der Waals surface area contributed by atoms with Crippen LogP contribution in [-0.2, 0) is 4.79 Å². The summed E-state index contributed by atoms with van der Waals surface area (Å²) in [7, 11) is 0. The number of nitrogens with zero attached hydrogens (tertiary/aromatic N) is 2. The van der Waals surface area contributed by atoms with E-state index in [9.17, 15) is 4.79 Å². The highest BCUT2D eigenvalue weighted by molar-refractivity contribution is 5.92. The Bertz CT molecular complexity index is 629. The van der Waals surface area contributed by atoms with Crippen molar-refractivity contribution in [2.75, 3.05) is 5.32 Å². The van der Waals surface area contributed by atoms with E-state index in [4.69, 9.17) is 4.42 Å². The van der Waals surface area contributed by atoms with Gasteiger partial charge < -0.3 is 4.42 Å². The minimum Gasteiger partial charge on any atom is -0.403 e. The van der Waals surface area contributed by atoms with Gasteiger partial charge in [-0.15, -0.1) is 5.10 Å². The van der Waals surface area contributed by atoms with Gasteiger partial charge in [-0.05, 0) is 38.3 Å². The van der Waals surface area contributed by atoms with E-state index in [1.165, 1.54) is 5.56 Å². The van der Waals surface area contributed by atoms with Crippen molar-refractivity contribution < 1.29 is 9.21 Å². The van der Waals surface area contributed by atoms with Crippen LogP contribution < -0.4 is 5.32 Å². The zero-order valence-electron chi connectivity index (χ0n) is 10.9. The average Bonchev–Trinajstić information content (AvgIpc) is 3.11. The Hall–Kier alpha value is -2.17. The Morgan fingerprint density at radius 1 is 1.32 bits per heavy atom. The van der Waals surface area contributed by atoms with Crippen molar-refractivity contribution >= 4 is 11.9 Å². The summed E-state index contributed by atoms with van der Waals surface area (Å²) in [6, 6.07) is 6.17. The van der Waals surface area contributed by atoms with Crippen LogP contribution in [0.2, 0.25) is 0 Å². The zero-order valence-corrected chi connectivity index (χ0v) is 10.9. The molecule has 3 rings (SSSR count). The third-order valence-electron chi connectivity index (χ3n) is 3.22. The maximum absolute atomic E-state index is 11.6. The second-order valence-electron chi connectivity index (χ2n) is 4.99. The molecule has 1 heterocycles. The molecule has 1 aliphatic rings. The third kappa shape index (κ3) is 2.50. The number of anilines is 1. The van der Waals surface area contributed by atoms with E-state index in [1.54, 1.807) is 0 Å². The van der Waals surface area contributed by atoms with Gasteiger partial charge in [0.2, 0.25) is 11.8 Å². The molecule has 0 radical (unpaired) electrons. The van der Waals surface area contributed by atoms with E-state index in [2.05, 4.69) is 21.6 Å². The van der Waals surface area contributed by atoms with Crippen LogP contribution >= 0.6 is 0 Å². The van der Waals surface area contributed by atoms with Crippen LogP contribution in [0.15, 0.2) is 22.6 Å². The molecule has 1 aromatic carbocycles. The molecule has 1 aliphatic carbocycles. The summed E-state index contributed by atoms with van der Waals surface area (Å²) in [6.07, 6.45) is 1.90. The molecular formula is C14H15N3O2. The molecule has 1 saturated carbocycles. The second kappa shape index (κ2) is 4.50. The lowest BCUT2D eigenvalue weighted by Gasteiger charge is -2.01. The normalized spacial score (nSPS) is 14.4. The molecule has 98 valence electrons. The number of hydrogen-bond donors (Lipinski definition) is 1. The van der Waals surface area contributed by atoms with Gasteiger partial charge in [-0.3, -0.25) is 10.1 Å². The summed E-state index contributed by atoms with van der Waals surface area (Å²) in [5.74, 6) is 0.524. The molecule has 0 bridgehead atoms. The first-order chi connectivity index (χ1) is 9.13. The topological polar surface area (TPSA) is 68.0 Å². The van der Waals surface area contributed by atoms with Crippen LogP contribution in [0.3, 0.4) is 0 Å². The van der Waals surface area contributed by atoms with Crippen molar-refractivity contribution in [3.05, 3.63) is 29.3 Å². The van der Waals surface area contributed by atoms with Gasteiger partial charge in [-0.25, -0.2) is 0 Å². The summed E-state index contributed by atoms with van der Waals surface area (Å²) in [4.78, 5) is 11.6. The summed E-state index contributed by atoms with van der Waals surface area (Å²) < 4.78 is 5.48. The fourth-order valence-electron chi connectivity index (χ4n) is 1.99. The number of hydrogen-bond acceptors (Lipinski definition) is 4. The number of benzene rings is 1. The van der Waals surface area contributed by atoms with Gasteiger partial charge in [0.1, 0.15) is 0 Å². The number of nitrogens with one attached hydrogen (secondary N) is 1. The van der Waals surface area contributed by atoms with Crippen LogP contribution in [0.1, 0.15) is 24.0 Å². The Balaban J connectivity index is 1.81. The first kappa shape index (κ1) is 11.9. The van der Waals surface area contributed by atoms with Crippen molar-refractivity contribution in [3.8, 4) is 11.5 Å². The van der Waals surface area contributed by atoms with E-state index >= 15 is 0 Å². The van der Waals surface area contributed by atoms with E-state index in [0.717, 1.165) is 24.0 Å². The van der Waals surface area contributed by atoms with E-state index in [1.807, 2.05) is 26.0 Å². The second-order valence-corrected chi connectivity index (χ2v) is 4.99. The largest absolute Gasteiger partial charge is 0.403 e. The van der Waals surface area contributed by atoms with Gasteiger partial charge in [-0.2, -0.15) is 0 Å². The molecule has 19 heavy (non-hydrogen) atoms. The highest BCUT2D eigenvalue weighted by Crippen LogP contribution is 2.30. The van der Waals surface area contributed by atoms with Gasteiger partial charge in [-0.1, -0.05) is 22.8 Å². The molecule has 5 nitrogen and oxygen atoms in total. The quantitative estimate of drug-likeness (QED) is 0.917. The molecule has 0 unspecified atom stereocenters. The molecular weight excluding hydrogens is 242 g/mol. The van der Waals surface area contributed by atoms with Crippen LogP contribution in [-0.4, -0.2) is 16.1 Å². The van der Waals surface area contributed by atoms with Crippen LogP contribution in [0.5, 0.6) is 0 Å². The minimum absolute atomic E-state index is 0.0316. The highest BCUT2D eigenvalue weighted by Gasteiger charge is 2.30. The number of carbonyl (C=O) groups is 1. The fraction of sp³-hybridized carbons (Fsp3) is 0.357. The number of rotatable bonds is 3. The number of aromatic nitrogens is 2. The Morgan fingerprint density at radius 3 is 2.79 bits per heavy atom. The Morgan fingerprint density at radius 2 is 2.11 bits per heavy atom. The number of aryl methyl sites for hydroxylation is 2. The fourth-order valence-corrected chi connectivity index (χ4v) is 1.99. The maximum atomic E-state index is 11.6. The van der Waals surface area contributed by atoms with Crippen molar-refractivity contribution in [3.63, 3.8) is 0 Å². The summed E-state index contributed by atoms with van der Waals surface area (Å²) in [5.41, 5.74) is 3.15. The van der Waals surface area contributed by atoms with Gasteiger partial charge in [0.05, 0.1) is 0 Å². The van der Waals surface area contributed by atoms with Crippen molar-refractivity contribution in [2.24, 2.45) is 5.92 Å². The monoisotopic (exact) mass is 257 g/mol. The number of amides is 1. The lowest BCUT2D eigenvalue weighted by atomic mass is 10.1. The lowest BCUT2D eigenvalue weighted by Crippen LogP contribution is -2.13. The molecule has 2 aromatic rings. The minimum atomic E-state index is -0.0316. The van der Waals surface area contributed by atoms with Crippen molar-refractivity contribution in [1.29, 1.82) is 0 Å². The molecule has 5 heteroatoms. The van der Waals surface area contributed by atoms with Crippen molar-refractivity contribution in [2.45, 2.75) is 26.7 Å². The summed E-state index contributed by atoms with van der Waals surface area (Å²) >= 11 is 0. The highest BCUT2D eigenvalue weighted by atomic mass is 16.4. The smallest absolute Gasteiger partial charge is 0.322 e. The average molecular weight is 257 g/mol. The SMILES string of the molecule is Cc1ccc(-c2nnc(NC(=O)C3CC3)o2)c(C)c1. The zero-order chi connectivity index (χ0) is 13.4. The van der Waals surface area contributed by atoms with E-state index < -0.39 is 0 Å². The molecule has 0 spiro atoms. The molecule has 0 aliphatic heterocycles. The van der Waals surface area contributed by atoms with Crippen LogP contribution in [0.25, 0.3) is 11.5 Å². The molecule has 1 fully saturated rings. The predicted molar refractivity (Wildman–Crippen MR) is 70.6 cm³/mol. The summed E-state index contributed by atoms with van der Waals surface area (Å²) in [5, 5.41) is 10.5. The van der Waals surface area contributed by atoms with Gasteiger partial charge in [0.25, 0.3) is 0 Å². The molecule has 1 amide bonds. The summed E-state index contributed by atoms with van der Waals surface area (Å²) in [6.45, 7) is 4.03. The third-order valence-corrected chi connectivity index (χ3v) is 3.22. The van der Waals surface area contributed by atoms with E-state index in [-0.39, 0.29) is 17.8 Å². The molecule has 1 aromatic heterocycles. The first-order valence-corrected chi connectivity index (χ1v) is 6.35. The Kier molecular flexibility index (Phi) is 2.81. The first-order valence-electron chi connectivity index (χ1n) is 6.35. The molecule has 0 saturated heterocycles. The maximum Gasteiger partial charge on any atom is 0.322 e. The van der Waals surface area contributed by atoms with Gasteiger partial charge in [0, 0.05) is 11.5 Å². The number of carbonyl (C=O) groups excluding carboxylic acids is 1. The van der Waals surface area contributed by atoms with Gasteiger partial charge in [0.15, 0.2) is 0 Å². The van der Waals surface area contributed by atoms with Gasteiger partial charge >= 0.3 is 6.01 Å². The predicted octanol–water partition coefficient (Wildman–Crippen LogP) is 2.70. The Labute approximate surface area is 111 Å². The van der Waals surface area contributed by atoms with Crippen molar-refractivity contribution in [1.82, 2.24) is 10.2 Å². The van der Waals surface area contributed by atoms with Crippen LogP contribution in [0.4, 0.5) is 6.01 Å². The molecule has 1 N–H and O–H groups in total. The van der Waals surface area contributed by atoms with Crippen LogP contribution in [0, 0.1) is 19.8 Å².